The molecule has 20 heavy (non-hydrogen) atoms. The molecular formula is C15H16ClNO3. The van der Waals surface area contributed by atoms with Gasteiger partial charge in [-0.1, -0.05) is 23.7 Å². The zero-order valence-electron chi connectivity index (χ0n) is 11.0. The van der Waals surface area contributed by atoms with Gasteiger partial charge in [0.15, 0.2) is 0 Å². The number of hydrogen-bond donors (Lipinski definition) is 1. The molecule has 1 aliphatic carbocycles. The summed E-state index contributed by atoms with van der Waals surface area (Å²) in [6.07, 6.45) is 2.22. The molecule has 1 saturated carbocycles. The van der Waals surface area contributed by atoms with Crippen molar-refractivity contribution in [1.82, 2.24) is 4.90 Å². The Labute approximate surface area is 122 Å². The molecule has 0 radical (unpaired) electrons. The summed E-state index contributed by atoms with van der Waals surface area (Å²) in [5.74, 6) is -1.15. The van der Waals surface area contributed by atoms with Crippen molar-refractivity contribution in [2.75, 3.05) is 13.1 Å². The molecule has 2 aliphatic rings. The standard InChI is InChI=1S/C15H16ClNO3/c16-12-3-1-11(2-4-12)15(6-7-15)14(20)17-8-5-10(9-17)13(18)19/h1-4,10H,5-9H2,(H,18,19). The van der Waals surface area contributed by atoms with Crippen LogP contribution in [0.3, 0.4) is 0 Å². The molecule has 0 spiro atoms. The minimum Gasteiger partial charge on any atom is -0.481 e. The van der Waals surface area contributed by atoms with Crippen molar-refractivity contribution < 1.29 is 14.7 Å². The second-order valence-electron chi connectivity index (χ2n) is 5.66. The largest absolute Gasteiger partial charge is 0.481 e. The SMILES string of the molecule is O=C(O)C1CCN(C(=O)C2(c3ccc(Cl)cc3)CC2)C1. The number of carbonyl (C=O) groups excluding carboxylic acids is 1. The quantitative estimate of drug-likeness (QED) is 0.930. The molecule has 1 N–H and O–H groups in total. The lowest BCUT2D eigenvalue weighted by atomic mass is 9.94. The average molecular weight is 294 g/mol. The predicted molar refractivity (Wildman–Crippen MR) is 74.7 cm³/mol. The van der Waals surface area contributed by atoms with Gasteiger partial charge in [-0.25, -0.2) is 0 Å². The van der Waals surface area contributed by atoms with Crippen molar-refractivity contribution in [1.29, 1.82) is 0 Å². The van der Waals surface area contributed by atoms with Gasteiger partial charge in [0.1, 0.15) is 0 Å². The summed E-state index contributed by atoms with van der Waals surface area (Å²) in [5, 5.41) is 9.68. The van der Waals surface area contributed by atoms with Gasteiger partial charge in [-0.05, 0) is 37.0 Å². The van der Waals surface area contributed by atoms with Gasteiger partial charge in [0.2, 0.25) is 5.91 Å². The number of amides is 1. The number of benzene rings is 1. The average Bonchev–Trinajstić information content (AvgIpc) is 3.08. The van der Waals surface area contributed by atoms with E-state index >= 15 is 0 Å². The first kappa shape index (κ1) is 13.4. The van der Waals surface area contributed by atoms with Crippen LogP contribution < -0.4 is 0 Å². The van der Waals surface area contributed by atoms with Crippen LogP contribution in [0.2, 0.25) is 5.02 Å². The fourth-order valence-corrected chi connectivity index (χ4v) is 3.09. The van der Waals surface area contributed by atoms with Crippen LogP contribution in [0.15, 0.2) is 24.3 Å². The maximum atomic E-state index is 12.7. The minimum atomic E-state index is -0.809. The first-order chi connectivity index (χ1) is 9.53. The summed E-state index contributed by atoms with van der Waals surface area (Å²) in [6, 6.07) is 7.40. The zero-order valence-corrected chi connectivity index (χ0v) is 11.8. The van der Waals surface area contributed by atoms with E-state index in [9.17, 15) is 9.59 Å². The van der Waals surface area contributed by atoms with E-state index in [0.717, 1.165) is 18.4 Å². The lowest BCUT2D eigenvalue weighted by Gasteiger charge is -2.23. The molecule has 1 aromatic rings. The van der Waals surface area contributed by atoms with E-state index in [1.807, 2.05) is 12.1 Å². The van der Waals surface area contributed by atoms with E-state index in [1.54, 1.807) is 17.0 Å². The molecule has 1 unspecified atom stereocenters. The van der Waals surface area contributed by atoms with Gasteiger partial charge in [-0.3, -0.25) is 9.59 Å². The van der Waals surface area contributed by atoms with Crippen LogP contribution in [0.1, 0.15) is 24.8 Å². The molecule has 1 amide bonds. The molecule has 2 fully saturated rings. The Bertz CT molecular complexity index is 551. The Morgan fingerprint density at radius 3 is 2.40 bits per heavy atom. The molecule has 5 heteroatoms. The monoisotopic (exact) mass is 293 g/mol. The van der Waals surface area contributed by atoms with Crippen molar-refractivity contribution in [3.05, 3.63) is 34.9 Å². The van der Waals surface area contributed by atoms with Gasteiger partial charge in [-0.15, -0.1) is 0 Å². The van der Waals surface area contributed by atoms with Crippen molar-refractivity contribution in [2.24, 2.45) is 5.92 Å². The lowest BCUT2D eigenvalue weighted by Crippen LogP contribution is -2.38. The number of carbonyl (C=O) groups is 2. The molecule has 1 atom stereocenters. The lowest BCUT2D eigenvalue weighted by molar-refractivity contribution is -0.141. The number of likely N-dealkylation sites (tertiary alicyclic amines) is 1. The minimum absolute atomic E-state index is 0.0728. The Morgan fingerprint density at radius 1 is 1.25 bits per heavy atom. The van der Waals surface area contributed by atoms with Crippen LogP contribution >= 0.6 is 11.6 Å². The second kappa shape index (κ2) is 4.77. The third-order valence-electron chi connectivity index (χ3n) is 4.38. The fourth-order valence-electron chi connectivity index (χ4n) is 2.97. The molecule has 1 heterocycles. The van der Waals surface area contributed by atoms with Crippen molar-refractivity contribution in [3.63, 3.8) is 0 Å². The smallest absolute Gasteiger partial charge is 0.308 e. The molecule has 1 saturated heterocycles. The topological polar surface area (TPSA) is 57.6 Å². The van der Waals surface area contributed by atoms with Gasteiger partial charge in [0, 0.05) is 18.1 Å². The van der Waals surface area contributed by atoms with E-state index in [1.165, 1.54) is 0 Å². The summed E-state index contributed by atoms with van der Waals surface area (Å²) in [5.41, 5.74) is 0.559. The number of halogens is 1. The van der Waals surface area contributed by atoms with Gasteiger partial charge in [0.05, 0.1) is 11.3 Å². The van der Waals surface area contributed by atoms with E-state index in [4.69, 9.17) is 16.7 Å². The summed E-state index contributed by atoms with van der Waals surface area (Å²) in [6.45, 7) is 0.884. The highest BCUT2D eigenvalue weighted by Crippen LogP contribution is 2.50. The molecule has 0 aromatic heterocycles. The molecule has 4 nitrogen and oxygen atoms in total. The number of aliphatic carboxylic acids is 1. The maximum absolute atomic E-state index is 12.7. The number of nitrogens with zero attached hydrogens (tertiary/aromatic N) is 1. The highest BCUT2D eigenvalue weighted by Gasteiger charge is 2.53. The third-order valence-corrected chi connectivity index (χ3v) is 4.63. The number of carboxylic acids is 1. The second-order valence-corrected chi connectivity index (χ2v) is 6.10. The fraction of sp³-hybridized carbons (Fsp3) is 0.467. The Hall–Kier alpha value is -1.55. The molecule has 106 valence electrons. The van der Waals surface area contributed by atoms with Crippen molar-refractivity contribution >= 4 is 23.5 Å². The van der Waals surface area contributed by atoms with Gasteiger partial charge in [0.25, 0.3) is 0 Å². The molecule has 1 aromatic carbocycles. The maximum Gasteiger partial charge on any atom is 0.308 e. The van der Waals surface area contributed by atoms with E-state index in [2.05, 4.69) is 0 Å². The van der Waals surface area contributed by atoms with E-state index < -0.39 is 17.3 Å². The Kier molecular flexibility index (Phi) is 3.21. The molecule has 0 bridgehead atoms. The number of hydrogen-bond acceptors (Lipinski definition) is 2. The van der Waals surface area contributed by atoms with Crippen LogP contribution in [0, 0.1) is 5.92 Å². The Balaban J connectivity index is 1.77. The zero-order chi connectivity index (χ0) is 14.3. The number of carboxylic acid groups (broad SMARTS) is 1. The van der Waals surface area contributed by atoms with Crippen LogP contribution in [-0.2, 0) is 15.0 Å². The van der Waals surface area contributed by atoms with Crippen molar-refractivity contribution in [2.45, 2.75) is 24.7 Å². The summed E-state index contributed by atoms with van der Waals surface area (Å²) in [7, 11) is 0. The number of rotatable bonds is 3. The van der Waals surface area contributed by atoms with Crippen LogP contribution in [0.4, 0.5) is 0 Å². The van der Waals surface area contributed by atoms with Crippen LogP contribution in [-0.4, -0.2) is 35.0 Å². The summed E-state index contributed by atoms with van der Waals surface area (Å²) >= 11 is 5.88. The first-order valence-corrected chi connectivity index (χ1v) is 7.19. The van der Waals surface area contributed by atoms with E-state index in [-0.39, 0.29) is 5.91 Å². The highest BCUT2D eigenvalue weighted by molar-refractivity contribution is 6.30. The third kappa shape index (κ3) is 2.18. The van der Waals surface area contributed by atoms with Gasteiger partial charge >= 0.3 is 5.97 Å². The van der Waals surface area contributed by atoms with Gasteiger partial charge in [-0.2, -0.15) is 0 Å². The van der Waals surface area contributed by atoms with Crippen LogP contribution in [0.25, 0.3) is 0 Å². The normalized spacial score (nSPS) is 23.6. The van der Waals surface area contributed by atoms with E-state index in [0.29, 0.717) is 24.5 Å². The van der Waals surface area contributed by atoms with Gasteiger partial charge < -0.3 is 10.0 Å². The highest BCUT2D eigenvalue weighted by atomic mass is 35.5. The van der Waals surface area contributed by atoms with Crippen molar-refractivity contribution in [3.8, 4) is 0 Å². The molecule has 3 rings (SSSR count). The summed E-state index contributed by atoms with van der Waals surface area (Å²) in [4.78, 5) is 25.4. The summed E-state index contributed by atoms with van der Waals surface area (Å²) < 4.78 is 0. The Morgan fingerprint density at radius 2 is 1.90 bits per heavy atom. The first-order valence-electron chi connectivity index (χ1n) is 6.81. The predicted octanol–water partition coefficient (Wildman–Crippen LogP) is 2.30. The molecule has 1 aliphatic heterocycles. The molecular weight excluding hydrogens is 278 g/mol. The van der Waals surface area contributed by atoms with Crippen LogP contribution in [0.5, 0.6) is 0 Å².